The van der Waals surface area contributed by atoms with Crippen molar-refractivity contribution in [2.75, 3.05) is 6.54 Å². The summed E-state index contributed by atoms with van der Waals surface area (Å²) in [5, 5.41) is 16.5. The Morgan fingerprint density at radius 1 is 1.82 bits per heavy atom. The van der Waals surface area contributed by atoms with Crippen molar-refractivity contribution in [3.05, 3.63) is 11.9 Å². The molecule has 0 radical (unpaired) electrons. The van der Waals surface area contributed by atoms with Crippen molar-refractivity contribution in [2.24, 2.45) is 12.8 Å². The second kappa shape index (κ2) is 3.45. The second-order valence-corrected chi connectivity index (χ2v) is 2.44. The van der Waals surface area contributed by atoms with Crippen LogP contribution in [0, 0.1) is 0 Å². The third-order valence-electron chi connectivity index (χ3n) is 1.53. The molecule has 5 nitrogen and oxygen atoms in total. The van der Waals surface area contributed by atoms with Gasteiger partial charge in [0.1, 0.15) is 0 Å². The molecular weight excluding hydrogens is 144 g/mol. The van der Waals surface area contributed by atoms with E-state index in [1.165, 1.54) is 0 Å². The van der Waals surface area contributed by atoms with Crippen LogP contribution in [0.15, 0.2) is 6.20 Å². The number of aliphatic hydroxyl groups is 1. The highest BCUT2D eigenvalue weighted by Crippen LogP contribution is 1.97. The van der Waals surface area contributed by atoms with Gasteiger partial charge in [-0.05, 0) is 0 Å². The van der Waals surface area contributed by atoms with Crippen LogP contribution in [0.3, 0.4) is 0 Å². The van der Waals surface area contributed by atoms with Gasteiger partial charge in [-0.15, -0.1) is 5.10 Å². The molecule has 0 aliphatic rings. The highest BCUT2D eigenvalue weighted by molar-refractivity contribution is 4.95. The molecule has 1 atom stereocenters. The van der Waals surface area contributed by atoms with Crippen molar-refractivity contribution in [3.8, 4) is 0 Å². The largest absolute Gasteiger partial charge is 0.391 e. The predicted molar refractivity (Wildman–Crippen MR) is 39.8 cm³/mol. The van der Waals surface area contributed by atoms with Gasteiger partial charge >= 0.3 is 0 Å². The number of hydrogen-bond donors (Lipinski definition) is 2. The molecule has 1 heterocycles. The molecule has 0 aliphatic carbocycles. The van der Waals surface area contributed by atoms with Crippen molar-refractivity contribution >= 4 is 0 Å². The molecule has 62 valence electrons. The molecule has 0 aliphatic heterocycles. The summed E-state index contributed by atoms with van der Waals surface area (Å²) in [7, 11) is 1.78. The van der Waals surface area contributed by atoms with Crippen LogP contribution in [0.2, 0.25) is 0 Å². The molecule has 0 saturated carbocycles. The quantitative estimate of drug-likeness (QED) is 0.569. The van der Waals surface area contributed by atoms with E-state index in [4.69, 9.17) is 10.8 Å². The van der Waals surface area contributed by atoms with E-state index in [9.17, 15) is 0 Å². The van der Waals surface area contributed by atoms with Crippen molar-refractivity contribution < 1.29 is 5.11 Å². The van der Waals surface area contributed by atoms with Gasteiger partial charge in [0.2, 0.25) is 0 Å². The van der Waals surface area contributed by atoms with E-state index in [0.29, 0.717) is 6.42 Å². The first-order chi connectivity index (χ1) is 5.24. The Labute approximate surface area is 64.8 Å². The molecule has 3 N–H and O–H groups in total. The van der Waals surface area contributed by atoms with Crippen molar-refractivity contribution in [1.82, 2.24) is 15.0 Å². The lowest BCUT2D eigenvalue weighted by atomic mass is 10.2. The fourth-order valence-corrected chi connectivity index (χ4v) is 0.820. The number of nitrogens with two attached hydrogens (primary N) is 1. The molecule has 0 spiro atoms. The fraction of sp³-hybridized carbons (Fsp3) is 0.667. The minimum Gasteiger partial charge on any atom is -0.391 e. The van der Waals surface area contributed by atoms with Gasteiger partial charge in [-0.3, -0.25) is 4.68 Å². The number of hydrogen-bond acceptors (Lipinski definition) is 4. The Balaban J connectivity index is 2.56. The summed E-state index contributed by atoms with van der Waals surface area (Å²) in [4.78, 5) is 0. The van der Waals surface area contributed by atoms with Crippen LogP contribution >= 0.6 is 0 Å². The average Bonchev–Trinajstić information content (AvgIpc) is 2.37. The molecule has 1 rings (SSSR count). The number of aromatic nitrogens is 3. The summed E-state index contributed by atoms with van der Waals surface area (Å²) in [6.07, 6.45) is 1.64. The maximum atomic E-state index is 9.16. The second-order valence-electron chi connectivity index (χ2n) is 2.44. The average molecular weight is 156 g/mol. The zero-order chi connectivity index (χ0) is 8.27. The summed E-state index contributed by atoms with van der Waals surface area (Å²) in [6, 6.07) is 0. The Kier molecular flexibility index (Phi) is 2.56. The summed E-state index contributed by atoms with van der Waals surface area (Å²) in [5.41, 5.74) is 6.13. The van der Waals surface area contributed by atoms with E-state index in [-0.39, 0.29) is 6.54 Å². The molecule has 5 heteroatoms. The first kappa shape index (κ1) is 8.16. The number of aryl methyl sites for hydroxylation is 1. The van der Waals surface area contributed by atoms with Crippen LogP contribution in [-0.4, -0.2) is 32.7 Å². The monoisotopic (exact) mass is 156 g/mol. The van der Waals surface area contributed by atoms with Gasteiger partial charge in [0.05, 0.1) is 18.0 Å². The van der Waals surface area contributed by atoms with E-state index >= 15 is 0 Å². The number of aliphatic hydroxyl groups excluding tert-OH is 1. The van der Waals surface area contributed by atoms with Gasteiger partial charge < -0.3 is 10.8 Å². The lowest BCUT2D eigenvalue weighted by Crippen LogP contribution is -2.23. The lowest BCUT2D eigenvalue weighted by molar-refractivity contribution is 0.181. The zero-order valence-electron chi connectivity index (χ0n) is 6.44. The Bertz CT molecular complexity index is 222. The van der Waals surface area contributed by atoms with Crippen molar-refractivity contribution in [2.45, 2.75) is 12.5 Å². The Morgan fingerprint density at radius 2 is 2.55 bits per heavy atom. The molecule has 0 fully saturated rings. The minimum atomic E-state index is -0.493. The summed E-state index contributed by atoms with van der Waals surface area (Å²) >= 11 is 0. The normalized spacial score (nSPS) is 13.4. The molecule has 1 unspecified atom stereocenters. The highest BCUT2D eigenvalue weighted by Gasteiger charge is 2.05. The number of rotatable bonds is 3. The van der Waals surface area contributed by atoms with E-state index in [1.54, 1.807) is 17.9 Å². The Hall–Kier alpha value is -0.940. The molecule has 0 bridgehead atoms. The highest BCUT2D eigenvalue weighted by atomic mass is 16.3. The minimum absolute atomic E-state index is 0.269. The van der Waals surface area contributed by atoms with E-state index in [1.807, 2.05) is 0 Å². The Morgan fingerprint density at radius 3 is 3.00 bits per heavy atom. The standard InChI is InChI=1S/C6H12N4O/c1-10-5(4-8-9-10)2-6(11)3-7/h4,6,11H,2-3,7H2,1H3. The van der Waals surface area contributed by atoms with Gasteiger partial charge in [0.25, 0.3) is 0 Å². The topological polar surface area (TPSA) is 77.0 Å². The smallest absolute Gasteiger partial charge is 0.0726 e. The van der Waals surface area contributed by atoms with Gasteiger partial charge in [-0.25, -0.2) is 0 Å². The SMILES string of the molecule is Cn1nncc1CC(O)CN. The van der Waals surface area contributed by atoms with Crippen LogP contribution < -0.4 is 5.73 Å². The van der Waals surface area contributed by atoms with Crippen LogP contribution in [0.1, 0.15) is 5.69 Å². The molecule has 0 aromatic carbocycles. The molecule has 11 heavy (non-hydrogen) atoms. The lowest BCUT2D eigenvalue weighted by Gasteiger charge is -2.05. The van der Waals surface area contributed by atoms with Crippen molar-refractivity contribution in [1.29, 1.82) is 0 Å². The zero-order valence-corrected chi connectivity index (χ0v) is 6.44. The van der Waals surface area contributed by atoms with Gasteiger partial charge in [0.15, 0.2) is 0 Å². The molecule has 0 saturated heterocycles. The first-order valence-electron chi connectivity index (χ1n) is 3.45. The van der Waals surface area contributed by atoms with Crippen LogP contribution in [0.5, 0.6) is 0 Å². The molecule has 0 amide bonds. The van der Waals surface area contributed by atoms with E-state index < -0.39 is 6.10 Å². The van der Waals surface area contributed by atoms with Crippen LogP contribution in [-0.2, 0) is 13.5 Å². The van der Waals surface area contributed by atoms with E-state index in [0.717, 1.165) is 5.69 Å². The predicted octanol–water partition coefficient (Wildman–Crippen LogP) is -1.32. The maximum Gasteiger partial charge on any atom is 0.0726 e. The van der Waals surface area contributed by atoms with Gasteiger partial charge in [-0.1, -0.05) is 5.21 Å². The number of nitrogens with zero attached hydrogens (tertiary/aromatic N) is 3. The van der Waals surface area contributed by atoms with Gasteiger partial charge in [0, 0.05) is 20.0 Å². The maximum absolute atomic E-state index is 9.16. The fourth-order valence-electron chi connectivity index (χ4n) is 0.820. The summed E-state index contributed by atoms with van der Waals surface area (Å²) in [6.45, 7) is 0.269. The third-order valence-corrected chi connectivity index (χ3v) is 1.53. The summed E-state index contributed by atoms with van der Waals surface area (Å²) < 4.78 is 1.62. The molecule has 1 aromatic rings. The third kappa shape index (κ3) is 1.99. The van der Waals surface area contributed by atoms with E-state index in [2.05, 4.69) is 10.3 Å². The molecular formula is C6H12N4O. The van der Waals surface area contributed by atoms with Crippen molar-refractivity contribution in [3.63, 3.8) is 0 Å². The van der Waals surface area contributed by atoms with Crippen LogP contribution in [0.4, 0.5) is 0 Å². The first-order valence-corrected chi connectivity index (χ1v) is 3.45. The summed E-state index contributed by atoms with van der Waals surface area (Å²) in [5.74, 6) is 0. The van der Waals surface area contributed by atoms with Crippen LogP contribution in [0.25, 0.3) is 0 Å². The molecule has 1 aromatic heterocycles. The van der Waals surface area contributed by atoms with Gasteiger partial charge in [-0.2, -0.15) is 0 Å².